The van der Waals surface area contributed by atoms with E-state index in [1.165, 1.54) is 7.11 Å². The monoisotopic (exact) mass is 237 g/mol. The first-order chi connectivity index (χ1) is 8.24. The van der Waals surface area contributed by atoms with Crippen molar-refractivity contribution in [2.24, 2.45) is 0 Å². The van der Waals surface area contributed by atoms with Crippen LogP contribution in [0, 0.1) is 0 Å². The molecule has 1 aromatic rings. The maximum Gasteiger partial charge on any atom is 0.307 e. The first-order valence-electron chi connectivity index (χ1n) is 5.38. The van der Waals surface area contributed by atoms with Crippen LogP contribution in [0.15, 0.2) is 18.2 Å². The molecular weight excluding hydrogens is 222 g/mol. The van der Waals surface area contributed by atoms with Crippen LogP contribution in [-0.2, 0) is 9.53 Å². The van der Waals surface area contributed by atoms with Crippen LogP contribution in [0.4, 0.5) is 0 Å². The van der Waals surface area contributed by atoms with E-state index in [0.29, 0.717) is 5.75 Å². The Labute approximate surface area is 99.7 Å². The summed E-state index contributed by atoms with van der Waals surface area (Å²) in [7, 11) is 3.19. The van der Waals surface area contributed by atoms with E-state index in [1.54, 1.807) is 7.05 Å². The largest absolute Gasteiger partial charge is 0.469 e. The normalized spacial score (nSPS) is 14.5. The van der Waals surface area contributed by atoms with Gasteiger partial charge in [0, 0.05) is 6.04 Å². The van der Waals surface area contributed by atoms with Crippen molar-refractivity contribution in [3.8, 4) is 11.5 Å². The predicted molar refractivity (Wildman–Crippen MR) is 61.0 cm³/mol. The van der Waals surface area contributed by atoms with Gasteiger partial charge in [-0.2, -0.15) is 0 Å². The van der Waals surface area contributed by atoms with Gasteiger partial charge in [0.25, 0.3) is 0 Å². The summed E-state index contributed by atoms with van der Waals surface area (Å²) >= 11 is 0. The molecule has 0 unspecified atom stereocenters. The lowest BCUT2D eigenvalue weighted by atomic mass is 10.0. The van der Waals surface area contributed by atoms with Crippen LogP contribution in [0.25, 0.3) is 0 Å². The number of nitrogens with one attached hydrogen (secondary N) is 1. The van der Waals surface area contributed by atoms with Crippen LogP contribution in [0.1, 0.15) is 18.0 Å². The van der Waals surface area contributed by atoms with Crippen molar-refractivity contribution < 1.29 is 19.0 Å². The third kappa shape index (κ3) is 2.50. The maximum absolute atomic E-state index is 11.3. The lowest BCUT2D eigenvalue weighted by Gasteiger charge is -2.15. The van der Waals surface area contributed by atoms with Gasteiger partial charge in [0.15, 0.2) is 11.5 Å². The van der Waals surface area contributed by atoms with Crippen molar-refractivity contribution in [1.82, 2.24) is 5.32 Å². The summed E-state index contributed by atoms with van der Waals surface area (Å²) in [5.41, 5.74) is 0.974. The number of ether oxygens (including phenoxy) is 3. The molecule has 0 saturated carbocycles. The molecule has 0 bridgehead atoms. The Balaban J connectivity index is 2.16. The fourth-order valence-electron chi connectivity index (χ4n) is 1.77. The molecule has 0 aliphatic carbocycles. The number of hydrogen-bond acceptors (Lipinski definition) is 5. The van der Waals surface area contributed by atoms with Crippen molar-refractivity contribution >= 4 is 5.97 Å². The number of methoxy groups -OCH3 is 1. The van der Waals surface area contributed by atoms with E-state index in [4.69, 9.17) is 9.47 Å². The average molecular weight is 237 g/mol. The van der Waals surface area contributed by atoms with E-state index in [1.807, 2.05) is 18.2 Å². The Morgan fingerprint density at radius 2 is 2.24 bits per heavy atom. The molecule has 1 N–H and O–H groups in total. The Hall–Kier alpha value is -1.75. The van der Waals surface area contributed by atoms with Crippen LogP contribution in [0.3, 0.4) is 0 Å². The quantitative estimate of drug-likeness (QED) is 0.798. The number of hydrogen-bond donors (Lipinski definition) is 1. The van der Waals surface area contributed by atoms with Gasteiger partial charge in [0.2, 0.25) is 6.79 Å². The topological polar surface area (TPSA) is 56.8 Å². The van der Waals surface area contributed by atoms with E-state index in [-0.39, 0.29) is 25.2 Å². The van der Waals surface area contributed by atoms with Crippen molar-refractivity contribution in [1.29, 1.82) is 0 Å². The molecule has 17 heavy (non-hydrogen) atoms. The van der Waals surface area contributed by atoms with Crippen LogP contribution < -0.4 is 14.8 Å². The summed E-state index contributed by atoms with van der Waals surface area (Å²) in [4.78, 5) is 11.3. The molecule has 1 aliphatic heterocycles. The van der Waals surface area contributed by atoms with Crippen LogP contribution in [0.2, 0.25) is 0 Å². The second kappa shape index (κ2) is 5.05. The number of carbonyl (C=O) groups excluding carboxylic acids is 1. The molecule has 0 spiro atoms. The van der Waals surface area contributed by atoms with Gasteiger partial charge in [-0.1, -0.05) is 6.07 Å². The summed E-state index contributed by atoms with van der Waals surface area (Å²) in [5.74, 6) is 1.20. The van der Waals surface area contributed by atoms with E-state index >= 15 is 0 Å². The van der Waals surface area contributed by atoms with Crippen LogP contribution in [-0.4, -0.2) is 26.9 Å². The second-order valence-corrected chi connectivity index (χ2v) is 3.73. The van der Waals surface area contributed by atoms with E-state index in [0.717, 1.165) is 11.3 Å². The van der Waals surface area contributed by atoms with Crippen molar-refractivity contribution in [2.75, 3.05) is 21.0 Å². The molecule has 5 heteroatoms. The molecule has 1 heterocycles. The molecule has 0 amide bonds. The highest BCUT2D eigenvalue weighted by Crippen LogP contribution is 2.34. The lowest BCUT2D eigenvalue weighted by Crippen LogP contribution is -2.20. The Bertz CT molecular complexity index is 419. The van der Waals surface area contributed by atoms with Gasteiger partial charge in [-0.15, -0.1) is 0 Å². The first-order valence-corrected chi connectivity index (χ1v) is 5.38. The molecule has 1 atom stereocenters. The third-order valence-electron chi connectivity index (χ3n) is 2.75. The van der Waals surface area contributed by atoms with Gasteiger partial charge in [-0.3, -0.25) is 4.79 Å². The number of fused-ring (bicyclic) bond motifs is 1. The molecule has 5 nitrogen and oxygen atoms in total. The predicted octanol–water partition coefficient (Wildman–Crippen LogP) is 1.24. The standard InChI is InChI=1S/C12H15NO4/c1-13-9(6-12(14)15-2)8-3-4-10-11(5-8)17-7-16-10/h3-5,9,13H,6-7H2,1-2H3/t9-/m0/s1. The Kier molecular flexibility index (Phi) is 3.49. The van der Waals surface area contributed by atoms with Gasteiger partial charge in [0.05, 0.1) is 13.5 Å². The summed E-state index contributed by atoms with van der Waals surface area (Å²) in [5, 5.41) is 3.08. The minimum absolute atomic E-state index is 0.0862. The average Bonchev–Trinajstić information content (AvgIpc) is 2.82. The molecule has 0 aromatic heterocycles. The van der Waals surface area contributed by atoms with Gasteiger partial charge >= 0.3 is 5.97 Å². The third-order valence-corrected chi connectivity index (χ3v) is 2.75. The number of benzene rings is 1. The Morgan fingerprint density at radius 1 is 1.47 bits per heavy atom. The molecule has 92 valence electrons. The molecule has 0 saturated heterocycles. The van der Waals surface area contributed by atoms with E-state index in [9.17, 15) is 4.79 Å². The van der Waals surface area contributed by atoms with Crippen molar-refractivity contribution in [2.45, 2.75) is 12.5 Å². The molecule has 0 fully saturated rings. The lowest BCUT2D eigenvalue weighted by molar-refractivity contribution is -0.141. The summed E-state index contributed by atoms with van der Waals surface area (Å²) < 4.78 is 15.2. The van der Waals surface area contributed by atoms with Gasteiger partial charge in [0.1, 0.15) is 0 Å². The highest BCUT2D eigenvalue weighted by atomic mass is 16.7. The zero-order valence-electron chi connectivity index (χ0n) is 9.86. The van der Waals surface area contributed by atoms with Crippen LogP contribution in [0.5, 0.6) is 11.5 Å². The highest BCUT2D eigenvalue weighted by molar-refractivity contribution is 5.70. The molecule has 1 aliphatic rings. The zero-order chi connectivity index (χ0) is 12.3. The summed E-state index contributed by atoms with van der Waals surface area (Å²) in [6.45, 7) is 0.250. The minimum atomic E-state index is -0.248. The molecule has 2 rings (SSSR count). The van der Waals surface area contributed by atoms with E-state index in [2.05, 4.69) is 10.1 Å². The zero-order valence-corrected chi connectivity index (χ0v) is 9.86. The molecule has 0 radical (unpaired) electrons. The van der Waals surface area contributed by atoms with Gasteiger partial charge in [-0.25, -0.2) is 0 Å². The van der Waals surface area contributed by atoms with E-state index < -0.39 is 0 Å². The maximum atomic E-state index is 11.3. The van der Waals surface area contributed by atoms with Gasteiger partial charge < -0.3 is 19.5 Å². The molecular formula is C12H15NO4. The van der Waals surface area contributed by atoms with Gasteiger partial charge in [-0.05, 0) is 24.7 Å². The Morgan fingerprint density at radius 3 is 2.94 bits per heavy atom. The van der Waals surface area contributed by atoms with Crippen molar-refractivity contribution in [3.05, 3.63) is 23.8 Å². The first kappa shape index (κ1) is 11.7. The summed E-state index contributed by atoms with van der Waals surface area (Å²) in [6.07, 6.45) is 0.284. The highest BCUT2D eigenvalue weighted by Gasteiger charge is 2.19. The SMILES string of the molecule is CN[C@@H](CC(=O)OC)c1ccc2c(c1)OCO2. The number of rotatable bonds is 4. The minimum Gasteiger partial charge on any atom is -0.469 e. The smallest absolute Gasteiger partial charge is 0.307 e. The second-order valence-electron chi connectivity index (χ2n) is 3.73. The molecule has 1 aromatic carbocycles. The fraction of sp³-hybridized carbons (Fsp3) is 0.417. The number of esters is 1. The number of carbonyl (C=O) groups is 1. The fourth-order valence-corrected chi connectivity index (χ4v) is 1.77. The summed E-state index contributed by atoms with van der Waals surface area (Å²) in [6, 6.07) is 5.56. The van der Waals surface area contributed by atoms with Crippen LogP contribution >= 0.6 is 0 Å². The van der Waals surface area contributed by atoms with Crippen molar-refractivity contribution in [3.63, 3.8) is 0 Å².